The number of Topliss-reactive ketones (excluding diaryl/α,β-unsaturated/α-hetero) is 1. The summed E-state index contributed by atoms with van der Waals surface area (Å²) in [5, 5.41) is 6.99. The van der Waals surface area contributed by atoms with Crippen molar-refractivity contribution < 1.29 is 23.5 Å². The molecule has 1 spiro atoms. The van der Waals surface area contributed by atoms with E-state index < -0.39 is 41.2 Å². The summed E-state index contributed by atoms with van der Waals surface area (Å²) in [5.74, 6) is -2.18. The van der Waals surface area contributed by atoms with Gasteiger partial charge in [-0.2, -0.15) is 0 Å². The van der Waals surface area contributed by atoms with Crippen LogP contribution in [0.3, 0.4) is 0 Å². The highest BCUT2D eigenvalue weighted by atomic mass is 35.5. The number of carbonyl (C=O) groups excluding carboxylic acids is 3. The van der Waals surface area contributed by atoms with Crippen molar-refractivity contribution >= 4 is 46.5 Å². The summed E-state index contributed by atoms with van der Waals surface area (Å²) in [5.41, 5.74) is 5.97. The zero-order chi connectivity index (χ0) is 32.8. The molecule has 5 rings (SSSR count). The van der Waals surface area contributed by atoms with E-state index in [4.69, 9.17) is 33.7 Å². The number of ketones is 1. The van der Waals surface area contributed by atoms with Gasteiger partial charge in [-0.3, -0.25) is 14.4 Å². The largest absolute Gasteiger partial charge is 0.461 e. The molecule has 3 aliphatic rings. The van der Waals surface area contributed by atoms with E-state index in [1.54, 1.807) is 24.3 Å². The average Bonchev–Trinajstić information content (AvgIpc) is 3.44. The lowest BCUT2D eigenvalue weighted by Gasteiger charge is -2.38. The van der Waals surface area contributed by atoms with Crippen LogP contribution >= 0.6 is 23.2 Å². The van der Waals surface area contributed by atoms with Crippen molar-refractivity contribution in [2.75, 3.05) is 5.32 Å². The highest BCUT2D eigenvalue weighted by Crippen LogP contribution is 2.57. The fourth-order valence-electron chi connectivity index (χ4n) is 7.58. The second-order valence-corrected chi connectivity index (χ2v) is 15.5. The Bertz CT molecular complexity index is 1470. The second-order valence-electron chi connectivity index (χ2n) is 14.6. The number of ether oxygens (including phenoxy) is 1. The first-order valence-electron chi connectivity index (χ1n) is 15.9. The van der Waals surface area contributed by atoms with Crippen LogP contribution in [0.15, 0.2) is 36.4 Å². The Labute approximate surface area is 275 Å². The molecular formula is C35H44Cl2FN3O4. The highest BCUT2D eigenvalue weighted by Gasteiger charge is 2.66. The van der Waals surface area contributed by atoms with Gasteiger partial charge in [-0.15, -0.1) is 0 Å². The number of halogens is 3. The lowest BCUT2D eigenvalue weighted by Crippen LogP contribution is -2.49. The maximum Gasteiger partial charge on any atom is 0.323 e. The van der Waals surface area contributed by atoms with Crippen LogP contribution in [-0.2, 0) is 24.5 Å². The van der Waals surface area contributed by atoms with Crippen LogP contribution in [0.25, 0.3) is 0 Å². The molecule has 5 atom stereocenters. The highest BCUT2D eigenvalue weighted by molar-refractivity contribution is 6.31. The van der Waals surface area contributed by atoms with Gasteiger partial charge in [-0.1, -0.05) is 76.0 Å². The molecule has 10 heteroatoms. The van der Waals surface area contributed by atoms with E-state index in [1.165, 1.54) is 6.07 Å². The van der Waals surface area contributed by atoms with Gasteiger partial charge < -0.3 is 21.1 Å². The van der Waals surface area contributed by atoms with Crippen molar-refractivity contribution in [1.29, 1.82) is 0 Å². The summed E-state index contributed by atoms with van der Waals surface area (Å²) in [6, 6.07) is 8.06. The van der Waals surface area contributed by atoms with E-state index in [0.29, 0.717) is 48.4 Å². The zero-order valence-corrected chi connectivity index (χ0v) is 28.1. The maximum absolute atomic E-state index is 16.0. The molecule has 0 unspecified atom stereocenters. The predicted molar refractivity (Wildman–Crippen MR) is 175 cm³/mol. The van der Waals surface area contributed by atoms with Crippen LogP contribution in [0, 0.1) is 23.1 Å². The quantitative estimate of drug-likeness (QED) is 0.265. The van der Waals surface area contributed by atoms with E-state index in [9.17, 15) is 14.4 Å². The fourth-order valence-corrected chi connectivity index (χ4v) is 7.94. The van der Waals surface area contributed by atoms with Crippen LogP contribution in [0.5, 0.6) is 0 Å². The third-order valence-corrected chi connectivity index (χ3v) is 10.4. The summed E-state index contributed by atoms with van der Waals surface area (Å²) in [6.07, 6.45) is 3.30. The Morgan fingerprint density at radius 1 is 1.11 bits per heavy atom. The average molecular weight is 661 g/mol. The van der Waals surface area contributed by atoms with E-state index >= 15 is 4.39 Å². The monoisotopic (exact) mass is 659 g/mol. The van der Waals surface area contributed by atoms with Gasteiger partial charge in [-0.25, -0.2) is 4.39 Å². The molecular weight excluding hydrogens is 616 g/mol. The first-order chi connectivity index (χ1) is 21.1. The number of fused-ring (bicyclic) bond motifs is 2. The van der Waals surface area contributed by atoms with E-state index in [0.717, 1.165) is 0 Å². The summed E-state index contributed by atoms with van der Waals surface area (Å²) in [4.78, 5) is 41.1. The Morgan fingerprint density at radius 3 is 2.44 bits per heavy atom. The lowest BCUT2D eigenvalue weighted by molar-refractivity contribution is -0.154. The van der Waals surface area contributed by atoms with E-state index in [-0.39, 0.29) is 52.1 Å². The van der Waals surface area contributed by atoms with Crippen molar-refractivity contribution in [3.63, 3.8) is 0 Å². The normalized spacial score (nSPS) is 28.7. The molecule has 2 aliphatic heterocycles. The van der Waals surface area contributed by atoms with Crippen LogP contribution in [0.1, 0.15) is 90.2 Å². The Balaban J connectivity index is 1.48. The summed E-state index contributed by atoms with van der Waals surface area (Å²) < 4.78 is 21.7. The Morgan fingerprint density at radius 2 is 1.80 bits per heavy atom. The van der Waals surface area contributed by atoms with E-state index in [1.807, 2.05) is 19.9 Å². The predicted octanol–water partition coefficient (Wildman–Crippen LogP) is 6.93. The smallest absolute Gasteiger partial charge is 0.323 e. The number of hydrogen-bond donors (Lipinski definition) is 3. The standard InChI is InChI=1S/C35H44Cl2FN3O4/c1-18(2)30(39)32(43)45-21-12-9-19(10-13-21)15-26(42)31-28(22-7-6-8-24(37)29(22)38)35(27(41-31)17-34(3,4)5)23-14-11-20(36)16-25(23)40-33(35)44/h6-8,11,14,16,18-19,21,27-28,30-31,41H,9-10,12-13,15,17,39H2,1-5H3,(H,40,44)/t19?,21?,27-,28+,30-,31+,35+/m1/s1. The number of nitrogens with two attached hydrogens (primary N) is 1. The van der Waals surface area contributed by atoms with Gasteiger partial charge in [0.25, 0.3) is 0 Å². The number of carbonyl (C=O) groups is 3. The number of nitrogens with one attached hydrogen (secondary N) is 2. The lowest BCUT2D eigenvalue weighted by atomic mass is 9.62. The van der Waals surface area contributed by atoms with Crippen LogP contribution in [0.4, 0.5) is 10.1 Å². The number of rotatable bonds is 8. The van der Waals surface area contributed by atoms with Crippen molar-refractivity contribution in [3.8, 4) is 0 Å². The van der Waals surface area contributed by atoms with Crippen molar-refractivity contribution in [3.05, 3.63) is 63.4 Å². The number of amides is 1. The van der Waals surface area contributed by atoms with Gasteiger partial charge in [0.15, 0.2) is 5.78 Å². The molecule has 2 aromatic carbocycles. The number of anilines is 1. The minimum atomic E-state index is -1.28. The molecule has 7 nitrogen and oxygen atoms in total. The van der Waals surface area contributed by atoms with Crippen LogP contribution in [-0.4, -0.2) is 41.9 Å². The fraction of sp³-hybridized carbons (Fsp3) is 0.571. The van der Waals surface area contributed by atoms with E-state index in [2.05, 4.69) is 31.4 Å². The molecule has 2 aromatic rings. The van der Waals surface area contributed by atoms with Crippen LogP contribution in [0.2, 0.25) is 10.0 Å². The molecule has 2 fully saturated rings. The van der Waals surface area contributed by atoms with Crippen molar-refractivity contribution in [1.82, 2.24) is 5.32 Å². The van der Waals surface area contributed by atoms with Gasteiger partial charge in [0.1, 0.15) is 23.4 Å². The summed E-state index contributed by atoms with van der Waals surface area (Å²) >= 11 is 12.6. The van der Waals surface area contributed by atoms with Gasteiger partial charge >= 0.3 is 5.97 Å². The molecule has 0 aromatic heterocycles. The minimum absolute atomic E-state index is 0.0149. The molecule has 1 saturated carbocycles. The topological polar surface area (TPSA) is 111 Å². The number of hydrogen-bond acceptors (Lipinski definition) is 6. The minimum Gasteiger partial charge on any atom is -0.461 e. The molecule has 4 N–H and O–H groups in total. The molecule has 1 amide bonds. The first kappa shape index (κ1) is 33.8. The van der Waals surface area contributed by atoms with Crippen LogP contribution < -0.4 is 16.4 Å². The molecule has 1 aliphatic carbocycles. The molecule has 45 heavy (non-hydrogen) atoms. The third-order valence-electron chi connectivity index (χ3n) is 9.84. The zero-order valence-electron chi connectivity index (χ0n) is 26.6. The molecule has 2 heterocycles. The Kier molecular flexibility index (Phi) is 9.73. The van der Waals surface area contributed by atoms with Gasteiger partial charge in [0.2, 0.25) is 5.91 Å². The number of benzene rings is 2. The van der Waals surface area contributed by atoms with Crippen molar-refractivity contribution in [2.24, 2.45) is 23.0 Å². The molecule has 1 saturated heterocycles. The molecule has 0 bridgehead atoms. The first-order valence-corrected chi connectivity index (χ1v) is 16.7. The summed E-state index contributed by atoms with van der Waals surface area (Å²) in [6.45, 7) is 10.0. The maximum atomic E-state index is 16.0. The van der Waals surface area contributed by atoms with Gasteiger partial charge in [0.05, 0.1) is 11.1 Å². The summed E-state index contributed by atoms with van der Waals surface area (Å²) in [7, 11) is 0. The SMILES string of the molecule is CC(C)[C@@H](N)C(=O)OC1CCC(CC(=O)[C@@H]2N[C@H](CC(C)(C)C)[C@]3(C(=O)Nc4cc(Cl)ccc43)[C@H]2c2cccc(Cl)c2F)CC1. The second kappa shape index (κ2) is 12.9. The van der Waals surface area contributed by atoms with Gasteiger partial charge in [-0.05, 0) is 78.7 Å². The third kappa shape index (κ3) is 6.53. The Hall–Kier alpha value is -2.52. The number of esters is 1. The van der Waals surface area contributed by atoms with Gasteiger partial charge in [0, 0.05) is 29.1 Å². The molecule has 0 radical (unpaired) electrons. The molecule has 244 valence electrons. The van der Waals surface area contributed by atoms with Crippen molar-refractivity contribution in [2.45, 2.75) is 109 Å².